The fraction of sp³-hybridized carbons (Fsp3) is 0.208. The maximum atomic E-state index is 6.15. The molecule has 0 aliphatic carbocycles. The molecule has 6 rings (SSSR count). The molecule has 7 nitrogen and oxygen atoms in total. The highest BCUT2D eigenvalue weighted by Gasteiger charge is 2.10. The molecule has 2 heterocycles. The zero-order valence-electron chi connectivity index (χ0n) is 33.5. The van der Waals surface area contributed by atoms with Crippen LogP contribution in [0.5, 0.6) is 11.5 Å². The van der Waals surface area contributed by atoms with Crippen LogP contribution in [0.1, 0.15) is 83.9 Å². The molecule has 0 saturated carbocycles. The summed E-state index contributed by atoms with van der Waals surface area (Å²) in [5.74, 6) is 1.43. The van der Waals surface area contributed by atoms with E-state index in [0.717, 1.165) is 90.6 Å². The number of aliphatic imine (C=N–C) groups is 4. The molecule has 0 unspecified atom stereocenters. The van der Waals surface area contributed by atoms with Crippen molar-refractivity contribution in [3.8, 4) is 11.5 Å². The first-order chi connectivity index (χ1) is 26.3. The summed E-state index contributed by atoms with van der Waals surface area (Å²) in [4.78, 5) is 29.3. The second kappa shape index (κ2) is 16.8. The third kappa shape index (κ3) is 9.61. The summed E-state index contributed by atoms with van der Waals surface area (Å²) in [5, 5.41) is 0. The van der Waals surface area contributed by atoms with Gasteiger partial charge in [0.1, 0.15) is 11.5 Å². The van der Waals surface area contributed by atoms with Crippen molar-refractivity contribution in [2.75, 3.05) is 0 Å². The van der Waals surface area contributed by atoms with Crippen LogP contribution in [-0.4, -0.2) is 32.8 Å². The molecule has 0 fully saturated rings. The summed E-state index contributed by atoms with van der Waals surface area (Å²) in [5.41, 5.74) is 17.4. The smallest absolute Gasteiger partial charge is 0.127 e. The van der Waals surface area contributed by atoms with Crippen molar-refractivity contribution in [2.45, 2.75) is 69.2 Å². The average molecular weight is 725 g/mol. The van der Waals surface area contributed by atoms with E-state index in [-0.39, 0.29) is 0 Å². The zero-order valence-corrected chi connectivity index (χ0v) is 33.5. The molecule has 0 saturated heterocycles. The topological polar surface area (TPSA) is 84.5 Å². The molecule has 0 N–H and O–H groups in total. The summed E-state index contributed by atoms with van der Waals surface area (Å²) in [6, 6.07) is 36.0. The van der Waals surface area contributed by atoms with Crippen molar-refractivity contribution in [2.24, 2.45) is 20.0 Å². The van der Waals surface area contributed by atoms with Gasteiger partial charge in [-0.15, -0.1) is 0 Å². The monoisotopic (exact) mass is 724 g/mol. The lowest BCUT2D eigenvalue weighted by atomic mass is 10.1. The van der Waals surface area contributed by atoms with Gasteiger partial charge in [0.05, 0.1) is 68.4 Å². The number of hydrogen-bond acceptors (Lipinski definition) is 7. The molecule has 0 bridgehead atoms. The molecule has 0 radical (unpaired) electrons. The van der Waals surface area contributed by atoms with Crippen LogP contribution in [0.4, 0.5) is 22.7 Å². The predicted molar refractivity (Wildman–Crippen MR) is 230 cm³/mol. The Morgan fingerprint density at radius 2 is 0.691 bits per heavy atom. The molecule has 0 aliphatic heterocycles. The molecule has 2 aromatic heterocycles. The van der Waals surface area contributed by atoms with Gasteiger partial charge in [-0.05, 0) is 164 Å². The first-order valence-corrected chi connectivity index (χ1v) is 18.5. The summed E-state index contributed by atoms with van der Waals surface area (Å²) in [7, 11) is 0. The van der Waals surface area contributed by atoms with Crippen LogP contribution in [0.15, 0.2) is 129 Å². The highest BCUT2D eigenvalue weighted by atomic mass is 16.5. The molecule has 7 heteroatoms. The van der Waals surface area contributed by atoms with Gasteiger partial charge in [0.25, 0.3) is 0 Å². The van der Waals surface area contributed by atoms with E-state index in [0.29, 0.717) is 11.5 Å². The van der Waals surface area contributed by atoms with E-state index in [1.54, 1.807) is 0 Å². The van der Waals surface area contributed by atoms with Gasteiger partial charge >= 0.3 is 0 Å². The first kappa shape index (κ1) is 38.4. The Bertz CT molecular complexity index is 2270. The van der Waals surface area contributed by atoms with Crippen LogP contribution in [0.2, 0.25) is 0 Å². The van der Waals surface area contributed by atoms with Crippen LogP contribution >= 0.6 is 0 Å². The number of hydrogen-bond donors (Lipinski definition) is 0. The number of rotatable bonds is 10. The molecule has 0 atom stereocenters. The molecule has 4 aromatic carbocycles. The van der Waals surface area contributed by atoms with Gasteiger partial charge in [-0.2, -0.15) is 0 Å². The summed E-state index contributed by atoms with van der Waals surface area (Å²) >= 11 is 0. The van der Waals surface area contributed by atoms with E-state index in [2.05, 4.69) is 65.8 Å². The molecule has 0 aliphatic rings. The summed E-state index contributed by atoms with van der Waals surface area (Å²) in [6.45, 7) is 20.6. The van der Waals surface area contributed by atoms with E-state index in [9.17, 15) is 0 Å². The van der Waals surface area contributed by atoms with Gasteiger partial charge in [-0.3, -0.25) is 20.0 Å². The third-order valence-electron chi connectivity index (χ3n) is 9.31. The second-order valence-electron chi connectivity index (χ2n) is 14.2. The SMILES string of the molecule is CC(=Nc1ccc(Oc2ccc(N=C(C)c3cccc(C(C)=Nc4c(C)cc(C)cc4C)n3)cc2)cc1)c1cccc(C(C)=Nc2c(C)cc(C)cc2C)n1. The minimum Gasteiger partial charge on any atom is -0.457 e. The Balaban J connectivity index is 1.10. The highest BCUT2D eigenvalue weighted by Crippen LogP contribution is 2.29. The summed E-state index contributed by atoms with van der Waals surface area (Å²) < 4.78 is 6.15. The Hall–Kier alpha value is -6.34. The number of pyridine rings is 2. The maximum absolute atomic E-state index is 6.15. The largest absolute Gasteiger partial charge is 0.457 e. The standard InChI is InChI=1S/C48H48N6O/c1-29-25-31(3)47(32(4)26-29)51-37(9)45-15-11-13-43(53-45)35(7)49-39-17-21-41(22-18-39)55-42-23-19-40(20-24-42)50-36(8)44-14-12-16-46(54-44)38(10)52-48-33(5)27-30(2)28-34(48)6/h11-28H,1-10H3. The lowest BCUT2D eigenvalue weighted by Crippen LogP contribution is -2.05. The Labute approximate surface area is 325 Å². The number of ether oxygens (including phenoxy) is 1. The quantitative estimate of drug-likeness (QED) is 0.132. The number of aryl methyl sites for hydroxylation is 6. The van der Waals surface area contributed by atoms with Gasteiger partial charge < -0.3 is 4.74 Å². The van der Waals surface area contributed by atoms with Crippen molar-refractivity contribution < 1.29 is 4.74 Å². The second-order valence-corrected chi connectivity index (χ2v) is 14.2. The van der Waals surface area contributed by atoms with Crippen LogP contribution in [0.3, 0.4) is 0 Å². The van der Waals surface area contributed by atoms with Gasteiger partial charge in [0.15, 0.2) is 0 Å². The van der Waals surface area contributed by atoms with Crippen molar-refractivity contribution in [1.82, 2.24) is 9.97 Å². The van der Waals surface area contributed by atoms with Gasteiger partial charge in [0, 0.05) is 0 Å². The van der Waals surface area contributed by atoms with Crippen molar-refractivity contribution in [3.63, 3.8) is 0 Å². The van der Waals surface area contributed by atoms with E-state index in [1.807, 2.05) is 113 Å². The van der Waals surface area contributed by atoms with Crippen LogP contribution in [0.25, 0.3) is 0 Å². The van der Waals surface area contributed by atoms with E-state index >= 15 is 0 Å². The molecule has 276 valence electrons. The van der Waals surface area contributed by atoms with E-state index in [1.165, 1.54) is 11.1 Å². The molecular formula is C48H48N6O. The van der Waals surface area contributed by atoms with Crippen molar-refractivity contribution in [1.29, 1.82) is 0 Å². The lowest BCUT2D eigenvalue weighted by molar-refractivity contribution is 0.483. The Morgan fingerprint density at radius 3 is 1.00 bits per heavy atom. The fourth-order valence-electron chi connectivity index (χ4n) is 6.64. The molecule has 55 heavy (non-hydrogen) atoms. The minimum atomic E-state index is 0.715. The first-order valence-electron chi connectivity index (χ1n) is 18.5. The number of benzene rings is 4. The molecule has 0 amide bonds. The van der Waals surface area contributed by atoms with Crippen LogP contribution in [-0.2, 0) is 0 Å². The fourth-order valence-corrected chi connectivity index (χ4v) is 6.64. The Morgan fingerprint density at radius 1 is 0.400 bits per heavy atom. The minimum absolute atomic E-state index is 0.715. The third-order valence-corrected chi connectivity index (χ3v) is 9.31. The van der Waals surface area contributed by atoms with Gasteiger partial charge in [-0.25, -0.2) is 9.97 Å². The van der Waals surface area contributed by atoms with Crippen molar-refractivity contribution >= 4 is 45.6 Å². The van der Waals surface area contributed by atoms with Gasteiger partial charge in [0.2, 0.25) is 0 Å². The molecular weight excluding hydrogens is 677 g/mol. The Kier molecular flexibility index (Phi) is 11.7. The lowest BCUT2D eigenvalue weighted by Gasteiger charge is -2.09. The predicted octanol–water partition coefficient (Wildman–Crippen LogP) is 12.7. The van der Waals surface area contributed by atoms with Crippen LogP contribution in [0, 0.1) is 41.5 Å². The average Bonchev–Trinajstić information content (AvgIpc) is 3.16. The molecule has 0 spiro atoms. The van der Waals surface area contributed by atoms with E-state index in [4.69, 9.17) is 34.7 Å². The maximum Gasteiger partial charge on any atom is 0.127 e. The number of aromatic nitrogens is 2. The van der Waals surface area contributed by atoms with Crippen LogP contribution < -0.4 is 4.74 Å². The zero-order chi connectivity index (χ0) is 39.2. The number of nitrogens with zero attached hydrogens (tertiary/aromatic N) is 6. The van der Waals surface area contributed by atoms with E-state index < -0.39 is 0 Å². The highest BCUT2D eigenvalue weighted by molar-refractivity contribution is 6.03. The van der Waals surface area contributed by atoms with Gasteiger partial charge in [-0.1, -0.05) is 47.5 Å². The van der Waals surface area contributed by atoms with Crippen molar-refractivity contribution in [3.05, 3.63) is 165 Å². The molecule has 6 aromatic rings. The normalized spacial score (nSPS) is 12.6. The summed E-state index contributed by atoms with van der Waals surface area (Å²) in [6.07, 6.45) is 0.